The highest BCUT2D eigenvalue weighted by Crippen LogP contribution is 2.38. The fourth-order valence-electron chi connectivity index (χ4n) is 1.89. The molecule has 0 spiro atoms. The Balaban J connectivity index is 2.51. The second-order valence-electron chi connectivity index (χ2n) is 4.53. The maximum atomic E-state index is 13.3. The summed E-state index contributed by atoms with van der Waals surface area (Å²) in [6.07, 6.45) is 0. The molecule has 0 saturated heterocycles. The molecule has 1 N–H and O–H groups in total. The van der Waals surface area contributed by atoms with Crippen molar-refractivity contribution in [1.82, 2.24) is 0 Å². The minimum atomic E-state index is -4.91. The van der Waals surface area contributed by atoms with Gasteiger partial charge in [0.15, 0.2) is 0 Å². The second-order valence-corrected chi connectivity index (χ2v) is 7.64. The van der Waals surface area contributed by atoms with Crippen LogP contribution in [0.4, 0.5) is 13.2 Å². The van der Waals surface area contributed by atoms with Crippen molar-refractivity contribution >= 4 is 37.4 Å². The highest BCUT2D eigenvalue weighted by Gasteiger charge is 2.30. The first kappa shape index (κ1) is 19.0. The Hall–Kier alpha value is -1.29. The van der Waals surface area contributed by atoms with Gasteiger partial charge in [-0.2, -0.15) is 8.78 Å². The fourth-order valence-corrected chi connectivity index (χ4v) is 3.74. The van der Waals surface area contributed by atoms with E-state index in [9.17, 15) is 26.7 Å². The number of sulfone groups is 1. The Kier molecular flexibility index (Phi) is 5.79. The maximum Gasteiger partial charge on any atom is 0.341 e. The summed E-state index contributed by atoms with van der Waals surface area (Å²) in [4.78, 5) is -0.725. The molecule has 4 nitrogen and oxygen atoms in total. The van der Waals surface area contributed by atoms with Crippen LogP contribution in [0.25, 0.3) is 0 Å². The molecule has 0 radical (unpaired) electrons. The minimum Gasteiger partial charge on any atom is -0.456 e. The molecule has 2 aromatic rings. The molecular formula is C14H9BrClF3O4S. The van der Waals surface area contributed by atoms with Crippen LogP contribution in [-0.4, -0.2) is 19.3 Å². The first-order valence-corrected chi connectivity index (χ1v) is 8.96. The third-order valence-electron chi connectivity index (χ3n) is 2.93. The van der Waals surface area contributed by atoms with Crippen LogP contribution in [-0.2, 0) is 16.4 Å². The molecule has 0 atom stereocenters. The third-order valence-corrected chi connectivity index (χ3v) is 5.48. The van der Waals surface area contributed by atoms with Gasteiger partial charge in [-0.15, -0.1) is 0 Å². The highest BCUT2D eigenvalue weighted by molar-refractivity contribution is 9.10. The number of rotatable bonds is 5. The lowest BCUT2D eigenvalue weighted by Crippen LogP contribution is -2.14. The monoisotopic (exact) mass is 444 g/mol. The van der Waals surface area contributed by atoms with E-state index in [1.54, 1.807) is 0 Å². The van der Waals surface area contributed by atoms with E-state index >= 15 is 0 Å². The molecule has 0 bridgehead atoms. The van der Waals surface area contributed by atoms with Gasteiger partial charge in [0.1, 0.15) is 17.3 Å². The molecule has 0 amide bonds. The van der Waals surface area contributed by atoms with Gasteiger partial charge >= 0.3 is 5.76 Å². The van der Waals surface area contributed by atoms with Crippen LogP contribution in [0, 0.1) is 5.82 Å². The maximum absolute atomic E-state index is 13.3. The average Bonchev–Trinajstić information content (AvgIpc) is 2.47. The molecule has 24 heavy (non-hydrogen) atoms. The zero-order valence-corrected chi connectivity index (χ0v) is 14.8. The average molecular weight is 446 g/mol. The summed E-state index contributed by atoms with van der Waals surface area (Å²) in [5.41, 5.74) is -0.296. The Bertz CT molecular complexity index is 854. The van der Waals surface area contributed by atoms with E-state index < -0.39 is 32.9 Å². The van der Waals surface area contributed by atoms with E-state index in [1.807, 2.05) is 0 Å². The van der Waals surface area contributed by atoms with E-state index in [0.29, 0.717) is 0 Å². The van der Waals surface area contributed by atoms with Crippen LogP contribution >= 0.6 is 27.5 Å². The highest BCUT2D eigenvalue weighted by atomic mass is 79.9. The Morgan fingerprint density at radius 1 is 1.25 bits per heavy atom. The summed E-state index contributed by atoms with van der Waals surface area (Å²) in [6.45, 7) is -0.830. The first-order valence-electron chi connectivity index (χ1n) is 6.25. The van der Waals surface area contributed by atoms with Crippen molar-refractivity contribution in [3.8, 4) is 11.5 Å². The molecule has 0 aliphatic rings. The number of aliphatic hydroxyl groups excluding tert-OH is 1. The molecule has 0 aromatic heterocycles. The van der Waals surface area contributed by atoms with Gasteiger partial charge in [0.2, 0.25) is 9.84 Å². The first-order chi connectivity index (χ1) is 11.2. The molecule has 0 aliphatic heterocycles. The topological polar surface area (TPSA) is 63.6 Å². The fraction of sp³-hybridized carbons (Fsp3) is 0.143. The molecular weight excluding hydrogens is 437 g/mol. The van der Waals surface area contributed by atoms with Gasteiger partial charge in [0, 0.05) is 16.7 Å². The largest absolute Gasteiger partial charge is 0.456 e. The second kappa shape index (κ2) is 7.30. The predicted octanol–water partition coefficient (Wildman–Crippen LogP) is 4.52. The number of benzene rings is 2. The molecule has 10 heteroatoms. The smallest absolute Gasteiger partial charge is 0.341 e. The van der Waals surface area contributed by atoms with Crippen LogP contribution < -0.4 is 4.74 Å². The lowest BCUT2D eigenvalue weighted by atomic mass is 10.2. The van der Waals surface area contributed by atoms with Gasteiger partial charge in [-0.05, 0) is 40.2 Å². The lowest BCUT2D eigenvalue weighted by molar-refractivity contribution is 0.233. The molecule has 0 heterocycles. The van der Waals surface area contributed by atoms with Gasteiger partial charge in [-0.1, -0.05) is 11.6 Å². The van der Waals surface area contributed by atoms with Crippen molar-refractivity contribution in [3.63, 3.8) is 0 Å². The van der Waals surface area contributed by atoms with Crippen LogP contribution in [0.5, 0.6) is 11.5 Å². The zero-order valence-electron chi connectivity index (χ0n) is 11.6. The summed E-state index contributed by atoms with van der Waals surface area (Å²) < 4.78 is 67.3. The van der Waals surface area contributed by atoms with E-state index in [4.69, 9.17) is 16.3 Å². The number of alkyl halides is 2. The van der Waals surface area contributed by atoms with Crippen LogP contribution in [0.2, 0.25) is 5.02 Å². The van der Waals surface area contributed by atoms with Crippen LogP contribution in [0.1, 0.15) is 5.56 Å². The van der Waals surface area contributed by atoms with Gasteiger partial charge in [0.25, 0.3) is 0 Å². The van der Waals surface area contributed by atoms with Gasteiger partial charge in [0.05, 0.1) is 16.0 Å². The molecule has 0 saturated carbocycles. The Labute approximate surface area is 148 Å². The van der Waals surface area contributed by atoms with E-state index in [0.717, 1.165) is 24.3 Å². The van der Waals surface area contributed by atoms with Crippen LogP contribution in [0.3, 0.4) is 0 Å². The molecule has 2 rings (SSSR count). The Morgan fingerprint density at radius 3 is 2.46 bits per heavy atom. The van der Waals surface area contributed by atoms with Crippen molar-refractivity contribution in [2.24, 2.45) is 0 Å². The number of hydrogen-bond acceptors (Lipinski definition) is 4. The third kappa shape index (κ3) is 3.85. The number of ether oxygens (including phenoxy) is 1. The lowest BCUT2D eigenvalue weighted by Gasteiger charge is -2.14. The minimum absolute atomic E-state index is 0.00562. The van der Waals surface area contributed by atoms with Crippen molar-refractivity contribution in [1.29, 1.82) is 0 Å². The van der Waals surface area contributed by atoms with E-state index in [2.05, 4.69) is 15.9 Å². The van der Waals surface area contributed by atoms with Gasteiger partial charge < -0.3 is 9.84 Å². The van der Waals surface area contributed by atoms with Crippen molar-refractivity contribution in [2.45, 2.75) is 17.3 Å². The summed E-state index contributed by atoms with van der Waals surface area (Å²) in [5, 5.41) is 9.42. The number of halogens is 5. The molecule has 0 aliphatic carbocycles. The van der Waals surface area contributed by atoms with Crippen molar-refractivity contribution in [2.75, 3.05) is 0 Å². The molecule has 0 fully saturated rings. The Morgan fingerprint density at radius 2 is 1.92 bits per heavy atom. The summed E-state index contributed by atoms with van der Waals surface area (Å²) in [7, 11) is -4.91. The predicted molar refractivity (Wildman–Crippen MR) is 84.7 cm³/mol. The van der Waals surface area contributed by atoms with Crippen LogP contribution in [0.15, 0.2) is 39.7 Å². The summed E-state index contributed by atoms with van der Waals surface area (Å²) in [6, 6.07) is 5.38. The van der Waals surface area contributed by atoms with Gasteiger partial charge in [-0.25, -0.2) is 12.8 Å². The van der Waals surface area contributed by atoms with Crippen molar-refractivity contribution < 1.29 is 31.4 Å². The van der Waals surface area contributed by atoms with E-state index in [1.165, 1.54) is 6.07 Å². The molecule has 130 valence electrons. The quantitative estimate of drug-likeness (QED) is 0.735. The number of aliphatic hydroxyl groups is 1. The van der Waals surface area contributed by atoms with Crippen molar-refractivity contribution in [3.05, 3.63) is 51.2 Å². The normalized spacial score (nSPS) is 11.8. The molecule has 2 aromatic carbocycles. The van der Waals surface area contributed by atoms with E-state index in [-0.39, 0.29) is 26.6 Å². The summed E-state index contributed by atoms with van der Waals surface area (Å²) in [5.74, 6) is -4.29. The van der Waals surface area contributed by atoms with Gasteiger partial charge in [-0.3, -0.25) is 0 Å². The summed E-state index contributed by atoms with van der Waals surface area (Å²) >= 11 is 8.71. The SMILES string of the molecule is O=S(=O)(c1ccc(Oc2cc(F)cc(Cl)c2)c(Br)c1CO)C(F)F. The zero-order chi connectivity index (χ0) is 18.1. The standard InChI is InChI=1S/C14H9BrClF3O4S/c15-13-10(6-20)12(24(21,22)14(18)19)2-1-11(13)23-9-4-7(16)3-8(17)5-9/h1-5,14,20H,6H2. The molecule has 0 unspecified atom stereocenters. The number of hydrogen-bond donors (Lipinski definition) is 1.